The topological polar surface area (TPSA) is 68.1 Å². The van der Waals surface area contributed by atoms with Gasteiger partial charge in [0.2, 0.25) is 0 Å². The van der Waals surface area contributed by atoms with Gasteiger partial charge >= 0.3 is 5.97 Å². The van der Waals surface area contributed by atoms with E-state index in [0.29, 0.717) is 5.56 Å². The van der Waals surface area contributed by atoms with Crippen molar-refractivity contribution in [2.24, 2.45) is 5.73 Å². The summed E-state index contributed by atoms with van der Waals surface area (Å²) in [5.74, 6) is -0.335. The fraction of sp³-hybridized carbons (Fsp3) is 0.250. The van der Waals surface area contributed by atoms with E-state index in [-0.39, 0.29) is 12.0 Å². The van der Waals surface area contributed by atoms with Crippen LogP contribution in [0.4, 0.5) is 0 Å². The highest BCUT2D eigenvalue weighted by Crippen LogP contribution is 2.24. The summed E-state index contributed by atoms with van der Waals surface area (Å²) < 4.78 is 4.68. The smallest absolute Gasteiger partial charge is 0.337 e. The van der Waals surface area contributed by atoms with Gasteiger partial charge in [0.15, 0.2) is 0 Å². The van der Waals surface area contributed by atoms with Gasteiger partial charge < -0.3 is 15.5 Å². The van der Waals surface area contributed by atoms with E-state index in [1.165, 1.54) is 7.11 Å². The number of hydrogen-bond donors (Lipinski definition) is 2. The summed E-state index contributed by atoms with van der Waals surface area (Å²) in [7, 11) is 1.37. The molecule has 2 aromatic rings. The number of benzene rings is 1. The molecule has 0 bridgehead atoms. The average molecular weight is 218 g/mol. The minimum atomic E-state index is -0.335. The van der Waals surface area contributed by atoms with E-state index in [0.717, 1.165) is 16.5 Å². The van der Waals surface area contributed by atoms with Gasteiger partial charge in [0.25, 0.3) is 0 Å². The highest BCUT2D eigenvalue weighted by atomic mass is 16.5. The number of aromatic nitrogens is 1. The van der Waals surface area contributed by atoms with Crippen LogP contribution in [0.15, 0.2) is 24.4 Å². The molecular weight excluding hydrogens is 204 g/mol. The zero-order valence-corrected chi connectivity index (χ0v) is 9.28. The van der Waals surface area contributed by atoms with Crippen molar-refractivity contribution in [3.8, 4) is 0 Å². The lowest BCUT2D eigenvalue weighted by Crippen LogP contribution is -2.04. The zero-order chi connectivity index (χ0) is 11.7. The molecular formula is C12H14N2O2. The van der Waals surface area contributed by atoms with E-state index in [9.17, 15) is 4.79 Å². The second-order valence-corrected chi connectivity index (χ2v) is 3.78. The van der Waals surface area contributed by atoms with Gasteiger partial charge in [-0.3, -0.25) is 0 Å². The van der Waals surface area contributed by atoms with Crippen LogP contribution >= 0.6 is 0 Å². The Balaban J connectivity index is 2.58. The molecule has 0 aliphatic carbocycles. The molecule has 3 N–H and O–H groups in total. The minimum Gasteiger partial charge on any atom is -0.465 e. The zero-order valence-electron chi connectivity index (χ0n) is 9.28. The Morgan fingerprint density at radius 2 is 2.25 bits per heavy atom. The Morgan fingerprint density at radius 1 is 1.50 bits per heavy atom. The Kier molecular flexibility index (Phi) is 2.66. The maximum Gasteiger partial charge on any atom is 0.337 e. The van der Waals surface area contributed by atoms with Gasteiger partial charge in [-0.15, -0.1) is 0 Å². The van der Waals surface area contributed by atoms with E-state index < -0.39 is 0 Å². The van der Waals surface area contributed by atoms with Gasteiger partial charge in [-0.05, 0) is 30.7 Å². The Bertz CT molecular complexity index is 529. The van der Waals surface area contributed by atoms with Crippen LogP contribution in [-0.2, 0) is 4.74 Å². The Hall–Kier alpha value is -1.81. The fourth-order valence-electron chi connectivity index (χ4n) is 1.76. The number of carbonyl (C=O) groups excluding carboxylic acids is 1. The van der Waals surface area contributed by atoms with E-state index in [1.54, 1.807) is 12.1 Å². The molecule has 0 spiro atoms. The first-order valence-electron chi connectivity index (χ1n) is 5.08. The summed E-state index contributed by atoms with van der Waals surface area (Å²) in [6, 6.07) is 5.32. The maximum atomic E-state index is 11.4. The lowest BCUT2D eigenvalue weighted by molar-refractivity contribution is 0.0601. The number of aromatic amines is 1. The third-order valence-electron chi connectivity index (χ3n) is 2.63. The van der Waals surface area contributed by atoms with Crippen LogP contribution in [0.5, 0.6) is 0 Å². The van der Waals surface area contributed by atoms with Crippen molar-refractivity contribution in [3.05, 3.63) is 35.5 Å². The van der Waals surface area contributed by atoms with Crippen LogP contribution in [-0.4, -0.2) is 18.1 Å². The summed E-state index contributed by atoms with van der Waals surface area (Å²) in [5.41, 5.74) is 8.36. The molecule has 84 valence electrons. The Labute approximate surface area is 93.4 Å². The van der Waals surface area contributed by atoms with Gasteiger partial charge in [0.05, 0.1) is 12.7 Å². The number of nitrogens with two attached hydrogens (primary N) is 1. The summed E-state index contributed by atoms with van der Waals surface area (Å²) in [4.78, 5) is 14.5. The molecule has 0 amide bonds. The van der Waals surface area contributed by atoms with Crippen molar-refractivity contribution < 1.29 is 9.53 Å². The highest BCUT2D eigenvalue weighted by Gasteiger charge is 2.11. The molecule has 0 saturated heterocycles. The molecule has 1 aromatic carbocycles. The summed E-state index contributed by atoms with van der Waals surface area (Å²) in [5, 5.41) is 0.970. The van der Waals surface area contributed by atoms with Crippen LogP contribution in [0, 0.1) is 0 Å². The van der Waals surface area contributed by atoms with Crippen LogP contribution in [0.1, 0.15) is 28.9 Å². The number of rotatable bonds is 2. The number of methoxy groups -OCH3 is 1. The SMILES string of the molecule is COC(=O)c1ccc2[nH]cc(C(C)N)c2c1. The normalized spacial score (nSPS) is 12.7. The van der Waals surface area contributed by atoms with Crippen LogP contribution in [0.3, 0.4) is 0 Å². The minimum absolute atomic E-state index is 0.0679. The predicted molar refractivity (Wildman–Crippen MR) is 62.2 cm³/mol. The second-order valence-electron chi connectivity index (χ2n) is 3.78. The molecule has 0 fully saturated rings. The first kappa shape index (κ1) is 10.7. The molecule has 0 saturated carbocycles. The van der Waals surface area contributed by atoms with Crippen molar-refractivity contribution in [2.75, 3.05) is 7.11 Å². The number of hydrogen-bond acceptors (Lipinski definition) is 3. The molecule has 1 unspecified atom stereocenters. The van der Waals surface area contributed by atoms with Crippen molar-refractivity contribution in [3.63, 3.8) is 0 Å². The molecule has 16 heavy (non-hydrogen) atoms. The first-order valence-corrected chi connectivity index (χ1v) is 5.08. The molecule has 0 radical (unpaired) electrons. The quantitative estimate of drug-likeness (QED) is 0.757. The second kappa shape index (κ2) is 3.98. The van der Waals surface area contributed by atoms with Gasteiger partial charge in [0, 0.05) is 23.1 Å². The van der Waals surface area contributed by atoms with Crippen LogP contribution < -0.4 is 5.73 Å². The molecule has 4 heteroatoms. The lowest BCUT2D eigenvalue weighted by Gasteiger charge is -2.04. The number of carbonyl (C=O) groups is 1. The predicted octanol–water partition coefficient (Wildman–Crippen LogP) is 1.97. The number of ether oxygens (including phenoxy) is 1. The molecule has 2 rings (SSSR count). The summed E-state index contributed by atoms with van der Waals surface area (Å²) in [6.07, 6.45) is 1.87. The molecule has 1 heterocycles. The molecule has 4 nitrogen and oxygen atoms in total. The van der Waals surface area contributed by atoms with Gasteiger partial charge in [0.1, 0.15) is 0 Å². The van der Waals surface area contributed by atoms with E-state index >= 15 is 0 Å². The number of esters is 1. The van der Waals surface area contributed by atoms with Crippen LogP contribution in [0.25, 0.3) is 10.9 Å². The summed E-state index contributed by atoms with van der Waals surface area (Å²) >= 11 is 0. The molecule has 0 aliphatic heterocycles. The third-order valence-corrected chi connectivity index (χ3v) is 2.63. The number of fused-ring (bicyclic) bond motifs is 1. The lowest BCUT2D eigenvalue weighted by atomic mass is 10.1. The summed E-state index contributed by atoms with van der Waals surface area (Å²) in [6.45, 7) is 1.91. The van der Waals surface area contributed by atoms with Crippen molar-refractivity contribution in [1.29, 1.82) is 0 Å². The largest absolute Gasteiger partial charge is 0.465 e. The standard InChI is InChI=1S/C12H14N2O2/c1-7(13)10-6-14-11-4-3-8(5-9(10)11)12(15)16-2/h3-7,14H,13H2,1-2H3. The van der Waals surface area contributed by atoms with Crippen molar-refractivity contribution in [1.82, 2.24) is 4.98 Å². The van der Waals surface area contributed by atoms with E-state index in [4.69, 9.17) is 5.73 Å². The first-order chi connectivity index (χ1) is 7.63. The maximum absolute atomic E-state index is 11.4. The molecule has 1 aromatic heterocycles. The van der Waals surface area contributed by atoms with E-state index in [2.05, 4.69) is 9.72 Å². The van der Waals surface area contributed by atoms with Crippen molar-refractivity contribution in [2.45, 2.75) is 13.0 Å². The fourth-order valence-corrected chi connectivity index (χ4v) is 1.76. The van der Waals surface area contributed by atoms with Crippen LogP contribution in [0.2, 0.25) is 0 Å². The van der Waals surface area contributed by atoms with E-state index in [1.807, 2.05) is 19.2 Å². The number of H-pyrrole nitrogens is 1. The van der Waals surface area contributed by atoms with Crippen molar-refractivity contribution >= 4 is 16.9 Å². The average Bonchev–Trinajstić information content (AvgIpc) is 2.70. The van der Waals surface area contributed by atoms with Gasteiger partial charge in [-0.1, -0.05) is 0 Å². The number of nitrogens with one attached hydrogen (secondary N) is 1. The van der Waals surface area contributed by atoms with Gasteiger partial charge in [-0.2, -0.15) is 0 Å². The monoisotopic (exact) mass is 218 g/mol. The van der Waals surface area contributed by atoms with Gasteiger partial charge in [-0.25, -0.2) is 4.79 Å². The Morgan fingerprint density at radius 3 is 2.88 bits per heavy atom. The third kappa shape index (κ3) is 1.67. The highest BCUT2D eigenvalue weighted by molar-refractivity contribution is 5.95. The molecule has 1 atom stereocenters. The molecule has 0 aliphatic rings.